The quantitative estimate of drug-likeness (QED) is 0.791. The van der Waals surface area contributed by atoms with Gasteiger partial charge in [-0.05, 0) is 31.2 Å². The molecule has 2 heterocycles. The monoisotopic (exact) mass is 297 g/mol. The van der Waals surface area contributed by atoms with Crippen LogP contribution in [-0.2, 0) is 0 Å². The predicted molar refractivity (Wildman–Crippen MR) is 84.2 cm³/mol. The maximum Gasteiger partial charge on any atom is 0.231 e. The van der Waals surface area contributed by atoms with Crippen molar-refractivity contribution in [2.24, 2.45) is 4.99 Å². The maximum atomic E-state index is 5.86. The summed E-state index contributed by atoms with van der Waals surface area (Å²) in [5, 5.41) is 3.27. The summed E-state index contributed by atoms with van der Waals surface area (Å²) in [6.45, 7) is 2.19. The molecule has 0 saturated carbocycles. The fourth-order valence-electron chi connectivity index (χ4n) is 2.44. The van der Waals surface area contributed by atoms with E-state index in [0.717, 1.165) is 28.7 Å². The molecule has 0 aromatic heterocycles. The summed E-state index contributed by atoms with van der Waals surface area (Å²) in [7, 11) is 0. The summed E-state index contributed by atoms with van der Waals surface area (Å²) in [5.41, 5.74) is 8.06. The normalized spacial score (nSPS) is 18.2. The van der Waals surface area contributed by atoms with Crippen LogP contribution in [0, 0.1) is 0 Å². The van der Waals surface area contributed by atoms with Crippen LogP contribution < -0.4 is 25.3 Å². The molecule has 2 aromatic rings. The van der Waals surface area contributed by atoms with E-state index in [-0.39, 0.29) is 12.9 Å². The van der Waals surface area contributed by atoms with Crippen molar-refractivity contribution in [2.45, 2.75) is 13.0 Å². The van der Waals surface area contributed by atoms with E-state index in [1.54, 1.807) is 12.1 Å². The van der Waals surface area contributed by atoms with E-state index in [0.29, 0.717) is 11.4 Å². The predicted octanol–water partition coefficient (Wildman–Crippen LogP) is 2.92. The smallest absolute Gasteiger partial charge is 0.231 e. The minimum atomic E-state index is -0.195. The molecule has 4 rings (SSSR count). The fraction of sp³-hybridized carbons (Fsp3) is 0.188. The minimum Gasteiger partial charge on any atom is -0.480 e. The van der Waals surface area contributed by atoms with Crippen LogP contribution in [0.4, 0.5) is 17.1 Å². The van der Waals surface area contributed by atoms with Crippen molar-refractivity contribution in [3.05, 3.63) is 36.4 Å². The molecule has 0 aliphatic carbocycles. The second-order valence-electron chi connectivity index (χ2n) is 5.18. The van der Waals surface area contributed by atoms with E-state index >= 15 is 0 Å². The average molecular weight is 297 g/mol. The molecule has 0 radical (unpaired) electrons. The number of nitrogens with one attached hydrogen (secondary N) is 1. The highest BCUT2D eigenvalue weighted by molar-refractivity contribution is 6.01. The van der Waals surface area contributed by atoms with Crippen LogP contribution in [0.15, 0.2) is 41.4 Å². The molecule has 2 aliphatic rings. The zero-order valence-corrected chi connectivity index (χ0v) is 12.0. The molecule has 0 amide bonds. The molecular weight excluding hydrogens is 282 g/mol. The Morgan fingerprint density at radius 3 is 2.86 bits per heavy atom. The molecule has 22 heavy (non-hydrogen) atoms. The van der Waals surface area contributed by atoms with Gasteiger partial charge in [0.25, 0.3) is 0 Å². The Hall–Kier alpha value is -2.89. The second-order valence-corrected chi connectivity index (χ2v) is 5.18. The molecule has 1 atom stereocenters. The summed E-state index contributed by atoms with van der Waals surface area (Å²) in [5.74, 6) is 2.91. The number of amidine groups is 1. The van der Waals surface area contributed by atoms with Crippen LogP contribution in [0.3, 0.4) is 0 Å². The molecule has 0 saturated heterocycles. The van der Waals surface area contributed by atoms with Crippen LogP contribution in [0.1, 0.15) is 6.92 Å². The number of nitrogen functional groups attached to an aromatic ring is 1. The number of rotatable bonds is 1. The first-order valence-electron chi connectivity index (χ1n) is 7.00. The standard InChI is InChI=1S/C16H15N3O3/c1-9-16(19-12-4-2-10(17)6-14(12)22-9)18-11-3-5-13-15(7-11)21-8-20-13/h2-7,9H,8,17H2,1H3,(H,18,19). The van der Waals surface area contributed by atoms with Crippen LogP contribution in [0.25, 0.3) is 0 Å². The number of fused-ring (bicyclic) bond motifs is 2. The Kier molecular flexibility index (Phi) is 2.82. The summed E-state index contributed by atoms with van der Waals surface area (Å²) >= 11 is 0. The van der Waals surface area contributed by atoms with Gasteiger partial charge in [0.05, 0.1) is 0 Å². The third-order valence-electron chi connectivity index (χ3n) is 3.56. The topological polar surface area (TPSA) is 78.1 Å². The fourth-order valence-corrected chi connectivity index (χ4v) is 2.44. The van der Waals surface area contributed by atoms with Crippen molar-refractivity contribution in [3.63, 3.8) is 0 Å². The molecule has 2 aliphatic heterocycles. The van der Waals surface area contributed by atoms with Crippen molar-refractivity contribution in [1.82, 2.24) is 0 Å². The number of nitrogens with two attached hydrogens (primary N) is 1. The summed E-state index contributed by atoms with van der Waals surface area (Å²) in [6.07, 6.45) is -0.195. The highest BCUT2D eigenvalue weighted by Crippen LogP contribution is 2.36. The Balaban J connectivity index is 1.63. The lowest BCUT2D eigenvalue weighted by Gasteiger charge is -2.24. The number of aliphatic imine (C=N–C) groups is 1. The molecule has 3 N–H and O–H groups in total. The lowest BCUT2D eigenvalue weighted by Crippen LogP contribution is -2.32. The highest BCUT2D eigenvalue weighted by Gasteiger charge is 2.22. The molecule has 6 heteroatoms. The van der Waals surface area contributed by atoms with E-state index in [1.165, 1.54) is 0 Å². The molecule has 1 unspecified atom stereocenters. The first-order valence-corrected chi connectivity index (χ1v) is 7.00. The van der Waals surface area contributed by atoms with Gasteiger partial charge >= 0.3 is 0 Å². The largest absolute Gasteiger partial charge is 0.480 e. The lowest BCUT2D eigenvalue weighted by atomic mass is 10.2. The number of ether oxygens (including phenoxy) is 3. The number of hydrogen-bond acceptors (Lipinski definition) is 6. The van der Waals surface area contributed by atoms with Crippen LogP contribution >= 0.6 is 0 Å². The summed E-state index contributed by atoms with van der Waals surface area (Å²) in [6, 6.07) is 11.1. The van der Waals surface area contributed by atoms with Crippen molar-refractivity contribution in [1.29, 1.82) is 0 Å². The van der Waals surface area contributed by atoms with Gasteiger partial charge in [0.15, 0.2) is 17.6 Å². The Labute approximate surface area is 127 Å². The number of benzene rings is 2. The Morgan fingerprint density at radius 2 is 1.95 bits per heavy atom. The minimum absolute atomic E-state index is 0.195. The average Bonchev–Trinajstić information content (AvgIpc) is 2.96. The zero-order valence-electron chi connectivity index (χ0n) is 12.0. The summed E-state index contributed by atoms with van der Waals surface area (Å²) < 4.78 is 16.5. The molecule has 0 fully saturated rings. The van der Waals surface area contributed by atoms with Gasteiger partial charge in [0.2, 0.25) is 6.79 Å². The van der Waals surface area contributed by atoms with Crippen molar-refractivity contribution in [3.8, 4) is 17.2 Å². The summed E-state index contributed by atoms with van der Waals surface area (Å²) in [4.78, 5) is 4.61. The number of anilines is 2. The van der Waals surface area contributed by atoms with E-state index < -0.39 is 0 Å². The van der Waals surface area contributed by atoms with Gasteiger partial charge in [0.1, 0.15) is 17.3 Å². The van der Waals surface area contributed by atoms with Gasteiger partial charge in [-0.3, -0.25) is 0 Å². The molecule has 2 aromatic carbocycles. The second kappa shape index (κ2) is 4.84. The van der Waals surface area contributed by atoms with Crippen molar-refractivity contribution < 1.29 is 14.2 Å². The Bertz CT molecular complexity index is 773. The van der Waals surface area contributed by atoms with Gasteiger partial charge in [-0.1, -0.05) is 0 Å². The van der Waals surface area contributed by atoms with Gasteiger partial charge in [-0.2, -0.15) is 0 Å². The SMILES string of the molecule is CC1Oc2cc(N)ccc2N=C1Nc1ccc2c(c1)OCO2. The van der Waals surface area contributed by atoms with Gasteiger partial charge in [-0.15, -0.1) is 0 Å². The Morgan fingerprint density at radius 1 is 1.09 bits per heavy atom. The van der Waals surface area contributed by atoms with E-state index in [9.17, 15) is 0 Å². The zero-order chi connectivity index (χ0) is 15.1. The molecular formula is C16H15N3O3. The van der Waals surface area contributed by atoms with Crippen LogP contribution in [0.2, 0.25) is 0 Å². The first kappa shape index (κ1) is 12.8. The lowest BCUT2D eigenvalue weighted by molar-refractivity contribution is 0.174. The van der Waals surface area contributed by atoms with E-state index in [2.05, 4.69) is 10.3 Å². The molecule has 0 bridgehead atoms. The van der Waals surface area contributed by atoms with Crippen molar-refractivity contribution in [2.75, 3.05) is 17.8 Å². The van der Waals surface area contributed by atoms with Crippen LogP contribution in [0.5, 0.6) is 17.2 Å². The van der Waals surface area contributed by atoms with Gasteiger partial charge in [-0.25, -0.2) is 4.99 Å². The third kappa shape index (κ3) is 2.18. The molecule has 6 nitrogen and oxygen atoms in total. The van der Waals surface area contributed by atoms with Gasteiger partial charge < -0.3 is 25.3 Å². The van der Waals surface area contributed by atoms with E-state index in [4.69, 9.17) is 19.9 Å². The highest BCUT2D eigenvalue weighted by atomic mass is 16.7. The van der Waals surface area contributed by atoms with E-state index in [1.807, 2.05) is 31.2 Å². The van der Waals surface area contributed by atoms with Crippen LogP contribution in [-0.4, -0.2) is 18.7 Å². The maximum absolute atomic E-state index is 5.86. The molecule has 112 valence electrons. The van der Waals surface area contributed by atoms with Gasteiger partial charge in [0, 0.05) is 23.5 Å². The number of hydrogen-bond donors (Lipinski definition) is 2. The third-order valence-corrected chi connectivity index (χ3v) is 3.56. The number of nitrogens with zero attached hydrogens (tertiary/aromatic N) is 1. The first-order chi connectivity index (χ1) is 10.7. The van der Waals surface area contributed by atoms with Crippen molar-refractivity contribution >= 4 is 22.9 Å². The molecule has 0 spiro atoms.